The molecule has 19 heavy (non-hydrogen) atoms. The molecule has 0 bridgehead atoms. The molecule has 1 heterocycles. The number of aromatic nitrogens is 2. The molecular formula is C11H11FN4O3. The van der Waals surface area contributed by atoms with Gasteiger partial charge in [-0.25, -0.2) is 9.07 Å². The fraction of sp³-hybridized carbons (Fsp3) is 0.182. The molecular weight excluding hydrogens is 255 g/mol. The van der Waals surface area contributed by atoms with Crippen molar-refractivity contribution in [2.45, 2.75) is 6.54 Å². The van der Waals surface area contributed by atoms with E-state index in [-0.39, 0.29) is 35.9 Å². The molecule has 7 nitrogen and oxygen atoms in total. The molecule has 0 unspecified atom stereocenters. The predicted octanol–water partition coefficient (Wildman–Crippen LogP) is 1.17. The molecule has 0 saturated heterocycles. The van der Waals surface area contributed by atoms with Gasteiger partial charge in [-0.15, -0.1) is 0 Å². The number of anilines is 1. The number of aliphatic hydroxyl groups is 1. The molecule has 8 heteroatoms. The van der Waals surface area contributed by atoms with Crippen molar-refractivity contribution in [1.82, 2.24) is 9.78 Å². The summed E-state index contributed by atoms with van der Waals surface area (Å²) in [6.07, 6.45) is 0. The Morgan fingerprint density at radius 2 is 2.21 bits per heavy atom. The van der Waals surface area contributed by atoms with Crippen LogP contribution in [-0.2, 0) is 6.54 Å². The zero-order valence-corrected chi connectivity index (χ0v) is 9.78. The van der Waals surface area contributed by atoms with E-state index in [0.717, 1.165) is 6.07 Å². The van der Waals surface area contributed by atoms with E-state index < -0.39 is 10.7 Å². The Morgan fingerprint density at radius 1 is 1.47 bits per heavy atom. The van der Waals surface area contributed by atoms with Gasteiger partial charge in [-0.2, -0.15) is 5.10 Å². The fourth-order valence-electron chi connectivity index (χ4n) is 1.66. The Kier molecular flexibility index (Phi) is 3.43. The molecule has 0 fully saturated rings. The van der Waals surface area contributed by atoms with E-state index in [1.807, 2.05) is 0 Å². The molecule has 3 N–H and O–H groups in total. The average Bonchev–Trinajstić information content (AvgIpc) is 2.71. The van der Waals surface area contributed by atoms with Crippen molar-refractivity contribution in [3.8, 4) is 11.3 Å². The van der Waals surface area contributed by atoms with Crippen LogP contribution in [0.1, 0.15) is 0 Å². The van der Waals surface area contributed by atoms with Gasteiger partial charge in [0, 0.05) is 17.7 Å². The maximum atomic E-state index is 13.8. The molecule has 0 aliphatic carbocycles. The third-order valence-electron chi connectivity index (χ3n) is 2.56. The largest absolute Gasteiger partial charge is 0.394 e. The number of rotatable bonds is 4. The van der Waals surface area contributed by atoms with E-state index >= 15 is 0 Å². The number of hydrogen-bond donors (Lipinski definition) is 2. The molecule has 2 rings (SSSR count). The van der Waals surface area contributed by atoms with Crippen LogP contribution in [0.3, 0.4) is 0 Å². The van der Waals surface area contributed by atoms with Gasteiger partial charge in [0.1, 0.15) is 11.6 Å². The zero-order chi connectivity index (χ0) is 14.0. The summed E-state index contributed by atoms with van der Waals surface area (Å²) in [6, 6.07) is 4.74. The van der Waals surface area contributed by atoms with Crippen LogP contribution in [0.15, 0.2) is 24.3 Å². The summed E-state index contributed by atoms with van der Waals surface area (Å²) in [7, 11) is 0. The van der Waals surface area contributed by atoms with E-state index in [9.17, 15) is 14.5 Å². The van der Waals surface area contributed by atoms with E-state index in [0.29, 0.717) is 0 Å². The molecule has 1 aromatic carbocycles. The Bertz CT molecular complexity index is 626. The highest BCUT2D eigenvalue weighted by atomic mass is 19.1. The Labute approximate surface area is 107 Å². The maximum absolute atomic E-state index is 13.8. The zero-order valence-electron chi connectivity index (χ0n) is 9.78. The number of nitro groups is 1. The lowest BCUT2D eigenvalue weighted by atomic mass is 10.1. The number of halogens is 1. The van der Waals surface area contributed by atoms with Gasteiger partial charge in [0.05, 0.1) is 29.8 Å². The first kappa shape index (κ1) is 13.0. The van der Waals surface area contributed by atoms with Crippen LogP contribution in [0.4, 0.5) is 15.9 Å². The van der Waals surface area contributed by atoms with Gasteiger partial charge in [0.2, 0.25) is 0 Å². The Morgan fingerprint density at radius 3 is 2.79 bits per heavy atom. The molecule has 0 aliphatic heterocycles. The highest BCUT2D eigenvalue weighted by Crippen LogP contribution is 2.26. The summed E-state index contributed by atoms with van der Waals surface area (Å²) in [4.78, 5) is 9.84. The van der Waals surface area contributed by atoms with Gasteiger partial charge in [-0.1, -0.05) is 0 Å². The number of nitrogens with two attached hydrogens (primary N) is 1. The van der Waals surface area contributed by atoms with Crippen molar-refractivity contribution in [1.29, 1.82) is 0 Å². The summed E-state index contributed by atoms with van der Waals surface area (Å²) >= 11 is 0. The van der Waals surface area contributed by atoms with Crippen molar-refractivity contribution < 1.29 is 14.4 Å². The molecule has 1 aromatic heterocycles. The van der Waals surface area contributed by atoms with Crippen LogP contribution in [0.5, 0.6) is 0 Å². The number of nitro benzene ring substituents is 1. The van der Waals surface area contributed by atoms with Crippen molar-refractivity contribution in [3.05, 3.63) is 40.2 Å². The SMILES string of the molecule is Nc1cc(-c2ccc([N+](=O)[O-])cc2F)nn1CCO. The van der Waals surface area contributed by atoms with E-state index in [1.165, 1.54) is 22.9 Å². The smallest absolute Gasteiger partial charge is 0.272 e. The van der Waals surface area contributed by atoms with Crippen molar-refractivity contribution in [3.63, 3.8) is 0 Å². The molecule has 0 spiro atoms. The number of non-ortho nitro benzene ring substituents is 1. The van der Waals surface area contributed by atoms with Gasteiger partial charge < -0.3 is 10.8 Å². The number of aliphatic hydroxyl groups excluding tert-OH is 1. The maximum Gasteiger partial charge on any atom is 0.272 e. The van der Waals surface area contributed by atoms with Crippen LogP contribution < -0.4 is 5.73 Å². The molecule has 2 aromatic rings. The highest BCUT2D eigenvalue weighted by Gasteiger charge is 2.15. The van der Waals surface area contributed by atoms with Gasteiger partial charge in [-0.3, -0.25) is 10.1 Å². The topological polar surface area (TPSA) is 107 Å². The van der Waals surface area contributed by atoms with E-state index in [1.54, 1.807) is 0 Å². The standard InChI is InChI=1S/C11H11FN4O3/c12-9-5-7(16(18)19)1-2-8(9)10-6-11(13)15(14-10)3-4-17/h1-2,5-6,17H,3-4,13H2. The van der Waals surface area contributed by atoms with E-state index in [2.05, 4.69) is 5.10 Å². The number of nitrogen functional groups attached to an aromatic ring is 1. The molecule has 0 aliphatic rings. The Balaban J connectivity index is 2.41. The summed E-state index contributed by atoms with van der Waals surface area (Å²) < 4.78 is 15.1. The highest BCUT2D eigenvalue weighted by molar-refractivity contribution is 5.64. The second-order valence-corrected chi connectivity index (χ2v) is 3.82. The average molecular weight is 266 g/mol. The summed E-state index contributed by atoms with van der Waals surface area (Å²) in [6.45, 7) is 0.0501. The second-order valence-electron chi connectivity index (χ2n) is 3.82. The predicted molar refractivity (Wildman–Crippen MR) is 65.8 cm³/mol. The Hall–Kier alpha value is -2.48. The lowest BCUT2D eigenvalue weighted by Crippen LogP contribution is -2.07. The van der Waals surface area contributed by atoms with Crippen molar-refractivity contribution >= 4 is 11.5 Å². The van der Waals surface area contributed by atoms with E-state index in [4.69, 9.17) is 10.8 Å². The van der Waals surface area contributed by atoms with Gasteiger partial charge >= 0.3 is 0 Å². The molecule has 0 saturated carbocycles. The number of hydrogen-bond acceptors (Lipinski definition) is 5. The van der Waals surface area contributed by atoms with Gasteiger partial charge in [0.25, 0.3) is 5.69 Å². The molecule has 0 amide bonds. The summed E-state index contributed by atoms with van der Waals surface area (Å²) in [5.41, 5.74) is 5.70. The first-order chi connectivity index (χ1) is 9.02. The lowest BCUT2D eigenvalue weighted by Gasteiger charge is -2.00. The second kappa shape index (κ2) is 5.02. The molecule has 0 radical (unpaired) electrons. The first-order valence-electron chi connectivity index (χ1n) is 5.41. The van der Waals surface area contributed by atoms with Crippen LogP contribution in [0.25, 0.3) is 11.3 Å². The summed E-state index contributed by atoms with van der Waals surface area (Å²) in [5, 5.41) is 23.4. The lowest BCUT2D eigenvalue weighted by molar-refractivity contribution is -0.385. The third-order valence-corrected chi connectivity index (χ3v) is 2.56. The van der Waals surface area contributed by atoms with Crippen LogP contribution in [0, 0.1) is 15.9 Å². The first-order valence-corrected chi connectivity index (χ1v) is 5.41. The van der Waals surface area contributed by atoms with Crippen LogP contribution in [-0.4, -0.2) is 26.4 Å². The summed E-state index contributed by atoms with van der Waals surface area (Å²) in [5.74, 6) is -0.468. The van der Waals surface area contributed by atoms with Crippen LogP contribution >= 0.6 is 0 Å². The minimum atomic E-state index is -0.747. The normalized spacial score (nSPS) is 10.6. The monoisotopic (exact) mass is 266 g/mol. The van der Waals surface area contributed by atoms with Gasteiger partial charge in [0.15, 0.2) is 0 Å². The quantitative estimate of drug-likeness (QED) is 0.638. The fourth-order valence-corrected chi connectivity index (χ4v) is 1.66. The molecule has 0 atom stereocenters. The van der Waals surface area contributed by atoms with Crippen molar-refractivity contribution in [2.24, 2.45) is 0 Å². The van der Waals surface area contributed by atoms with Crippen LogP contribution in [0.2, 0.25) is 0 Å². The molecule has 100 valence electrons. The third kappa shape index (κ3) is 2.52. The van der Waals surface area contributed by atoms with Crippen molar-refractivity contribution in [2.75, 3.05) is 12.3 Å². The van der Waals surface area contributed by atoms with Gasteiger partial charge in [-0.05, 0) is 6.07 Å². The minimum Gasteiger partial charge on any atom is -0.394 e. The number of nitrogens with zero attached hydrogens (tertiary/aromatic N) is 3. The number of benzene rings is 1. The minimum absolute atomic E-state index is 0.119.